The van der Waals surface area contributed by atoms with Crippen LogP contribution in [0.2, 0.25) is 0 Å². The minimum Gasteiger partial charge on any atom is -0.449 e. The molecule has 25 heavy (non-hydrogen) atoms. The molecule has 1 aliphatic rings. The van der Waals surface area contributed by atoms with Gasteiger partial charge in [-0.25, -0.2) is 8.42 Å². The molecule has 0 bridgehead atoms. The van der Waals surface area contributed by atoms with E-state index in [1.165, 1.54) is 15.9 Å². The zero-order valence-corrected chi connectivity index (χ0v) is 15.9. The number of likely N-dealkylation sites (tertiary alicyclic amines) is 1. The molecular weight excluding hydrogens is 336 g/mol. The summed E-state index contributed by atoms with van der Waals surface area (Å²) in [5.41, 5.74) is 1.29. The van der Waals surface area contributed by atoms with Crippen LogP contribution in [0.3, 0.4) is 0 Å². The van der Waals surface area contributed by atoms with Crippen LogP contribution in [-0.2, 0) is 16.6 Å². The van der Waals surface area contributed by atoms with E-state index >= 15 is 0 Å². The van der Waals surface area contributed by atoms with E-state index in [0.29, 0.717) is 11.8 Å². The van der Waals surface area contributed by atoms with Gasteiger partial charge in [0.2, 0.25) is 5.09 Å². The maximum atomic E-state index is 12.7. The fourth-order valence-electron chi connectivity index (χ4n) is 3.47. The summed E-state index contributed by atoms with van der Waals surface area (Å²) in [6, 6.07) is 13.9. The van der Waals surface area contributed by atoms with Crippen molar-refractivity contribution in [3.05, 3.63) is 53.8 Å². The lowest BCUT2D eigenvalue weighted by molar-refractivity contribution is 0.108. The molecule has 0 spiro atoms. The Balaban J connectivity index is 1.66. The lowest BCUT2D eigenvalue weighted by Gasteiger charge is -2.40. The zero-order valence-electron chi connectivity index (χ0n) is 15.1. The molecule has 136 valence electrons. The van der Waals surface area contributed by atoms with Gasteiger partial charge in [0, 0.05) is 32.2 Å². The van der Waals surface area contributed by atoms with Crippen LogP contribution in [0.25, 0.3) is 0 Å². The summed E-state index contributed by atoms with van der Waals surface area (Å²) in [6.45, 7) is 5.72. The predicted octanol–water partition coefficient (Wildman–Crippen LogP) is 3.26. The van der Waals surface area contributed by atoms with Gasteiger partial charge in [0.1, 0.15) is 5.76 Å². The summed E-state index contributed by atoms with van der Waals surface area (Å²) in [4.78, 5) is 2.42. The first-order chi connectivity index (χ1) is 11.9. The molecule has 2 heterocycles. The fraction of sp³-hybridized carbons (Fsp3) is 0.474. The van der Waals surface area contributed by atoms with Crippen LogP contribution in [0.4, 0.5) is 0 Å². The Kier molecular flexibility index (Phi) is 5.32. The molecule has 6 heteroatoms. The highest BCUT2D eigenvalue weighted by atomic mass is 32.2. The minimum atomic E-state index is -3.57. The number of nitrogens with zero attached hydrogens (tertiary/aromatic N) is 2. The molecule has 0 aliphatic carbocycles. The molecular formula is C19H26N2O3S. The van der Waals surface area contributed by atoms with Crippen LogP contribution in [-0.4, -0.2) is 43.3 Å². The van der Waals surface area contributed by atoms with Crippen molar-refractivity contribution in [1.82, 2.24) is 9.21 Å². The number of hydrogen-bond acceptors (Lipinski definition) is 4. The van der Waals surface area contributed by atoms with Crippen LogP contribution in [0, 0.1) is 6.92 Å². The Labute approximate surface area is 150 Å². The maximum absolute atomic E-state index is 12.7. The second kappa shape index (κ2) is 7.32. The van der Waals surface area contributed by atoms with Crippen LogP contribution in [0.5, 0.6) is 0 Å². The highest BCUT2D eigenvalue weighted by Crippen LogP contribution is 2.27. The number of piperidine rings is 1. The molecule has 2 unspecified atom stereocenters. The average molecular weight is 362 g/mol. The largest absolute Gasteiger partial charge is 0.449 e. The third kappa shape index (κ3) is 3.97. The first-order valence-electron chi connectivity index (χ1n) is 8.70. The third-order valence-corrected chi connectivity index (χ3v) is 6.86. The number of benzene rings is 1. The van der Waals surface area contributed by atoms with E-state index in [4.69, 9.17) is 4.42 Å². The van der Waals surface area contributed by atoms with Crippen molar-refractivity contribution in [3.8, 4) is 0 Å². The summed E-state index contributed by atoms with van der Waals surface area (Å²) < 4.78 is 32.3. The average Bonchev–Trinajstić information content (AvgIpc) is 3.04. The van der Waals surface area contributed by atoms with Gasteiger partial charge in [0.15, 0.2) is 0 Å². The van der Waals surface area contributed by atoms with Gasteiger partial charge in [0.05, 0.1) is 0 Å². The highest BCUT2D eigenvalue weighted by Gasteiger charge is 2.35. The molecule has 0 radical (unpaired) electrons. The van der Waals surface area contributed by atoms with Crippen LogP contribution >= 0.6 is 0 Å². The van der Waals surface area contributed by atoms with Gasteiger partial charge in [-0.2, -0.15) is 4.31 Å². The summed E-state index contributed by atoms with van der Waals surface area (Å²) in [6.07, 6.45) is 1.65. The summed E-state index contributed by atoms with van der Waals surface area (Å²) in [7, 11) is -1.91. The van der Waals surface area contributed by atoms with Crippen molar-refractivity contribution in [2.45, 2.75) is 50.4 Å². The van der Waals surface area contributed by atoms with Crippen molar-refractivity contribution in [1.29, 1.82) is 0 Å². The molecule has 0 N–H and O–H groups in total. The quantitative estimate of drug-likeness (QED) is 0.819. The smallest absolute Gasteiger partial charge is 0.276 e. The second-order valence-corrected chi connectivity index (χ2v) is 8.80. The van der Waals surface area contributed by atoms with Crippen molar-refractivity contribution in [3.63, 3.8) is 0 Å². The highest BCUT2D eigenvalue weighted by molar-refractivity contribution is 7.89. The Hall–Kier alpha value is -1.63. The van der Waals surface area contributed by atoms with Gasteiger partial charge < -0.3 is 4.42 Å². The monoisotopic (exact) mass is 362 g/mol. The Morgan fingerprint density at radius 2 is 1.92 bits per heavy atom. The molecule has 0 amide bonds. The molecule has 0 saturated carbocycles. The van der Waals surface area contributed by atoms with E-state index in [0.717, 1.165) is 25.9 Å². The predicted molar refractivity (Wildman–Crippen MR) is 97.7 cm³/mol. The lowest BCUT2D eigenvalue weighted by Crippen LogP contribution is -2.49. The molecule has 1 aromatic heterocycles. The molecule has 5 nitrogen and oxygen atoms in total. The van der Waals surface area contributed by atoms with Crippen molar-refractivity contribution < 1.29 is 12.8 Å². The van der Waals surface area contributed by atoms with Crippen LogP contribution in [0.15, 0.2) is 52.0 Å². The van der Waals surface area contributed by atoms with E-state index in [1.807, 2.05) is 6.07 Å². The van der Waals surface area contributed by atoms with Gasteiger partial charge in [-0.1, -0.05) is 30.3 Å². The number of furan rings is 1. The van der Waals surface area contributed by atoms with E-state index in [1.54, 1.807) is 20.0 Å². The Morgan fingerprint density at radius 1 is 1.20 bits per heavy atom. The normalized spacial score (nSPS) is 22.4. The molecule has 1 aliphatic heterocycles. The van der Waals surface area contributed by atoms with Gasteiger partial charge in [-0.3, -0.25) is 4.90 Å². The molecule has 3 rings (SSSR count). The molecule has 2 atom stereocenters. The van der Waals surface area contributed by atoms with E-state index in [-0.39, 0.29) is 11.1 Å². The summed E-state index contributed by atoms with van der Waals surface area (Å²) in [5, 5.41) is 0.0341. The number of aryl methyl sites for hydroxylation is 1. The van der Waals surface area contributed by atoms with Crippen molar-refractivity contribution in [2.75, 3.05) is 13.6 Å². The zero-order chi connectivity index (χ0) is 18.0. The Morgan fingerprint density at radius 3 is 2.52 bits per heavy atom. The van der Waals surface area contributed by atoms with Gasteiger partial charge in [0.25, 0.3) is 10.0 Å². The van der Waals surface area contributed by atoms with Crippen LogP contribution in [0.1, 0.15) is 31.1 Å². The van der Waals surface area contributed by atoms with Crippen molar-refractivity contribution >= 4 is 10.0 Å². The van der Waals surface area contributed by atoms with Gasteiger partial charge in [-0.15, -0.1) is 0 Å². The topological polar surface area (TPSA) is 53.8 Å². The maximum Gasteiger partial charge on any atom is 0.276 e. The first kappa shape index (κ1) is 18.2. The minimum absolute atomic E-state index is 0.00238. The number of rotatable bonds is 5. The van der Waals surface area contributed by atoms with Crippen molar-refractivity contribution in [2.24, 2.45) is 0 Å². The molecule has 1 aromatic carbocycles. The van der Waals surface area contributed by atoms with E-state index in [2.05, 4.69) is 36.1 Å². The number of sulfonamides is 1. The van der Waals surface area contributed by atoms with Gasteiger partial charge in [-0.05, 0) is 44.4 Å². The molecule has 1 fully saturated rings. The third-order valence-electron chi connectivity index (χ3n) is 5.08. The first-order valence-corrected chi connectivity index (χ1v) is 10.1. The van der Waals surface area contributed by atoms with E-state index < -0.39 is 10.0 Å². The number of hydrogen-bond donors (Lipinski definition) is 0. The SMILES string of the molecule is Cc1ccc(S(=O)(=O)N(C)C2CCN(Cc3ccccc3)C(C)C2)o1. The van der Waals surface area contributed by atoms with E-state index in [9.17, 15) is 8.42 Å². The summed E-state index contributed by atoms with van der Waals surface area (Å²) in [5.74, 6) is 0.609. The van der Waals surface area contributed by atoms with Gasteiger partial charge >= 0.3 is 0 Å². The molecule has 1 saturated heterocycles. The lowest BCUT2D eigenvalue weighted by atomic mass is 9.98. The standard InChI is InChI=1S/C19H26N2O3S/c1-15-13-18(11-12-21(15)14-17-7-5-4-6-8-17)20(3)25(22,23)19-10-9-16(2)24-19/h4-10,15,18H,11-14H2,1-3H3. The Bertz CT molecular complexity index is 801. The second-order valence-electron chi connectivity index (χ2n) is 6.87. The molecule has 2 aromatic rings. The fourth-order valence-corrected chi connectivity index (χ4v) is 4.81. The van der Waals surface area contributed by atoms with Crippen LogP contribution < -0.4 is 0 Å². The summed E-state index contributed by atoms with van der Waals surface area (Å²) >= 11 is 0.